The molecule has 0 aromatic heterocycles. The Kier molecular flexibility index (Phi) is 17.3. The van der Waals surface area contributed by atoms with Crippen molar-refractivity contribution in [2.24, 2.45) is 47.3 Å². The summed E-state index contributed by atoms with van der Waals surface area (Å²) in [7, 11) is 0. The molecule has 18 aromatic carbocycles. The van der Waals surface area contributed by atoms with Gasteiger partial charge in [-0.25, -0.2) is 0 Å². The summed E-state index contributed by atoms with van der Waals surface area (Å²) in [5.41, 5.74) is 43.1. The molecule has 132 heavy (non-hydrogen) atoms. The Bertz CT molecular complexity index is 7790. The van der Waals surface area contributed by atoms with Gasteiger partial charge in [-0.15, -0.1) is 0 Å². The van der Waals surface area contributed by atoms with E-state index in [0.717, 1.165) is 81.2 Å². The molecule has 2 spiro atoms. The lowest BCUT2D eigenvalue weighted by atomic mass is 9.43. The van der Waals surface area contributed by atoms with E-state index in [4.69, 9.17) is 0 Å². The summed E-state index contributed by atoms with van der Waals surface area (Å²) in [6, 6.07) is 146. The highest BCUT2D eigenvalue weighted by Gasteiger charge is 2.63. The zero-order valence-electron chi connectivity index (χ0n) is 75.4. The number of fused-ring (bicyclic) bond motifs is 16. The summed E-state index contributed by atoms with van der Waals surface area (Å²) in [5.74, 6) is 6.77. The summed E-state index contributed by atoms with van der Waals surface area (Å²) in [5, 5.41) is 17.0. The predicted octanol–water partition coefficient (Wildman–Crippen LogP) is 34.0. The van der Waals surface area contributed by atoms with Gasteiger partial charge in [0, 0.05) is 55.4 Å². The molecule has 8 saturated carbocycles. The minimum absolute atomic E-state index is 0.159. The van der Waals surface area contributed by atoms with Gasteiger partial charge in [-0.1, -0.05) is 325 Å². The average molecular weight is 1700 g/mol. The van der Waals surface area contributed by atoms with E-state index >= 15 is 0 Å². The zero-order chi connectivity index (χ0) is 87.6. The molecule has 0 aliphatic heterocycles. The summed E-state index contributed by atoms with van der Waals surface area (Å²) in [4.78, 5) is 4.97. The van der Waals surface area contributed by atoms with Crippen molar-refractivity contribution in [3.8, 4) is 106 Å². The Labute approximate surface area is 775 Å². The lowest BCUT2D eigenvalue weighted by Gasteiger charge is -2.61. The van der Waals surface area contributed by atoms with Crippen LogP contribution in [0.2, 0.25) is 0 Å². The molecule has 8 fully saturated rings. The standard InChI is InChI=1S/C67H53N.C62H50N2/c1-66(2)60-32-30-50(68(64-39-45-14-4-6-17-53(45)55-18-7-8-20-57(55)64)49-28-25-44(26-29-49)52-21-11-15-43-13-3-5-16-51(43)52)40-59(60)65-54(22-12-24-63(65)66)46-27-31-62-58(38-46)56-19-9-10-23-61(56)67(62)47-34-41-33-42(36-47)37-48(67)35-41;1-61(2)57-16-9-17-58(64(49-27-22-44(23-28-49)42-10-4-3-5-11-42)50-29-24-45(25-30-50)43-20-18-39(38-63)19-21-43)59(57)53-14-8-13-51(60(53)61)46-26-31-56-54(37-46)52-12-6-7-15-55(52)62(56)47-33-40-32-41(35-47)36-48(62)34-40/h3-32,38-42,47-48H,33-37H2,1-2H3;3-31,37,40-41,47-48H,32-36H2,1-2H3. The molecule has 634 valence electrons. The van der Waals surface area contributed by atoms with Gasteiger partial charge >= 0.3 is 0 Å². The van der Waals surface area contributed by atoms with Crippen molar-refractivity contribution in [1.82, 2.24) is 0 Å². The third-order valence-electron chi connectivity index (χ3n) is 34.5. The van der Waals surface area contributed by atoms with E-state index in [1.54, 1.807) is 22.3 Å². The Morgan fingerprint density at radius 2 is 0.629 bits per heavy atom. The number of rotatable bonds is 11. The Morgan fingerprint density at radius 1 is 0.235 bits per heavy atom. The molecular weight excluding hydrogens is 1590 g/mol. The van der Waals surface area contributed by atoms with Gasteiger partial charge in [0.2, 0.25) is 0 Å². The Morgan fingerprint density at radius 3 is 1.22 bits per heavy atom. The number of anilines is 6. The number of benzene rings is 18. The van der Waals surface area contributed by atoms with E-state index in [1.807, 2.05) is 24.3 Å². The fourth-order valence-corrected chi connectivity index (χ4v) is 29.5. The molecule has 0 N–H and O–H groups in total. The molecule has 3 heteroatoms. The summed E-state index contributed by atoms with van der Waals surface area (Å²) in [6.45, 7) is 9.72. The molecule has 0 atom stereocenters. The van der Waals surface area contributed by atoms with Crippen LogP contribution in [0.3, 0.4) is 0 Å². The van der Waals surface area contributed by atoms with Crippen molar-refractivity contribution >= 4 is 66.4 Å². The van der Waals surface area contributed by atoms with Crippen LogP contribution in [0.25, 0.3) is 132 Å². The number of nitriles is 1. The van der Waals surface area contributed by atoms with Gasteiger partial charge in [-0.3, -0.25) is 0 Å². The fourth-order valence-electron chi connectivity index (χ4n) is 29.5. The zero-order valence-corrected chi connectivity index (χ0v) is 75.4. The fraction of sp³-hybridized carbons (Fsp3) is 0.202. The highest BCUT2D eigenvalue weighted by Crippen LogP contribution is 2.72. The van der Waals surface area contributed by atoms with Crippen molar-refractivity contribution in [3.05, 3.63) is 432 Å². The van der Waals surface area contributed by atoms with Crippen molar-refractivity contribution < 1.29 is 0 Å². The first-order valence-electron chi connectivity index (χ1n) is 48.7. The second kappa shape index (κ2) is 29.4. The van der Waals surface area contributed by atoms with Gasteiger partial charge in [0.05, 0.1) is 23.0 Å². The maximum atomic E-state index is 9.42. The summed E-state index contributed by atoms with van der Waals surface area (Å²) >= 11 is 0. The van der Waals surface area contributed by atoms with Crippen LogP contribution >= 0.6 is 0 Å². The van der Waals surface area contributed by atoms with Crippen LogP contribution in [0.5, 0.6) is 0 Å². The van der Waals surface area contributed by atoms with E-state index in [2.05, 4.69) is 401 Å². The van der Waals surface area contributed by atoms with Gasteiger partial charge < -0.3 is 9.80 Å². The van der Waals surface area contributed by atoms with Gasteiger partial charge in [0.1, 0.15) is 0 Å². The number of nitrogens with zero attached hydrogens (tertiary/aromatic N) is 3. The minimum atomic E-state index is -0.237. The van der Waals surface area contributed by atoms with Gasteiger partial charge in [0.15, 0.2) is 0 Å². The second-order valence-corrected chi connectivity index (χ2v) is 41.7. The average Bonchev–Trinajstić information content (AvgIpc) is 1.51. The first-order valence-corrected chi connectivity index (χ1v) is 48.7. The first kappa shape index (κ1) is 77.7. The molecule has 0 radical (unpaired) electrons. The van der Waals surface area contributed by atoms with Crippen molar-refractivity contribution in [2.45, 2.75) is 114 Å². The lowest BCUT2D eigenvalue weighted by molar-refractivity contribution is -0.0399. The van der Waals surface area contributed by atoms with E-state index < -0.39 is 0 Å². The molecule has 18 aromatic rings. The SMILES string of the molecule is CC1(C)c2ccc(N(c3ccc(-c4cccc5ccccc45)cc3)c3cc4ccccc4c4ccccc34)cc2-c2c(-c3ccc4c(c3)-c3ccccc3C43C4CC5CC(C4)CC3C5)cccc21.CC1(C)c2cccc(N(c3ccc(-c4ccccc4)cc3)c3ccc(-c4ccc(C#N)cc4)cc3)c2-c2cccc(-c3ccc4c(c3)-c3ccccc3C43C4CC5CC(C4)CC3C5)c21. The van der Waals surface area contributed by atoms with Gasteiger partial charge in [-0.05, 0) is 362 Å². The molecule has 8 bridgehead atoms. The van der Waals surface area contributed by atoms with Crippen LogP contribution in [0.4, 0.5) is 34.1 Å². The third-order valence-corrected chi connectivity index (χ3v) is 34.5. The molecule has 0 heterocycles. The van der Waals surface area contributed by atoms with E-state index in [9.17, 15) is 5.26 Å². The van der Waals surface area contributed by atoms with Crippen LogP contribution in [0.15, 0.2) is 382 Å². The number of hydrogen-bond acceptors (Lipinski definition) is 3. The van der Waals surface area contributed by atoms with E-state index in [1.165, 1.54) is 219 Å². The highest BCUT2D eigenvalue weighted by molar-refractivity contribution is 6.15. The molecular formula is C129H103N3. The summed E-state index contributed by atoms with van der Waals surface area (Å²) < 4.78 is 0. The van der Waals surface area contributed by atoms with Gasteiger partial charge in [0.25, 0.3) is 0 Å². The molecule has 12 aliphatic carbocycles. The quantitative estimate of drug-likeness (QED) is 0.121. The van der Waals surface area contributed by atoms with E-state index in [-0.39, 0.29) is 21.7 Å². The maximum absolute atomic E-state index is 9.42. The largest absolute Gasteiger partial charge is 0.310 e. The van der Waals surface area contributed by atoms with Gasteiger partial charge in [-0.2, -0.15) is 5.26 Å². The second-order valence-electron chi connectivity index (χ2n) is 41.7. The van der Waals surface area contributed by atoms with Crippen molar-refractivity contribution in [2.75, 3.05) is 9.80 Å². The first-order chi connectivity index (χ1) is 64.8. The molecule has 0 amide bonds. The molecule has 0 unspecified atom stereocenters. The third kappa shape index (κ3) is 11.4. The summed E-state index contributed by atoms with van der Waals surface area (Å²) in [6.07, 6.45) is 14.2. The topological polar surface area (TPSA) is 30.3 Å². The number of hydrogen-bond donors (Lipinski definition) is 0. The van der Waals surface area contributed by atoms with Crippen LogP contribution in [-0.4, -0.2) is 0 Å². The normalized spacial score (nSPS) is 22.3. The van der Waals surface area contributed by atoms with Crippen LogP contribution in [-0.2, 0) is 21.7 Å². The molecule has 12 aliphatic rings. The smallest absolute Gasteiger partial charge is 0.0991 e. The lowest BCUT2D eigenvalue weighted by Crippen LogP contribution is -2.55. The van der Waals surface area contributed by atoms with Crippen LogP contribution in [0, 0.1) is 58.7 Å². The maximum Gasteiger partial charge on any atom is 0.0991 e. The van der Waals surface area contributed by atoms with E-state index in [0.29, 0.717) is 5.56 Å². The highest BCUT2D eigenvalue weighted by atomic mass is 15.2. The Balaban J connectivity index is 0.000000135. The molecule has 30 rings (SSSR count). The van der Waals surface area contributed by atoms with Crippen LogP contribution in [0.1, 0.15) is 142 Å². The predicted molar refractivity (Wildman–Crippen MR) is 548 cm³/mol. The van der Waals surface area contributed by atoms with Crippen molar-refractivity contribution in [1.29, 1.82) is 5.26 Å². The minimum Gasteiger partial charge on any atom is -0.310 e. The van der Waals surface area contributed by atoms with Crippen LogP contribution < -0.4 is 9.80 Å². The molecule has 0 saturated heterocycles. The molecule has 3 nitrogen and oxygen atoms in total. The van der Waals surface area contributed by atoms with Crippen molar-refractivity contribution in [3.63, 3.8) is 0 Å². The Hall–Kier alpha value is -14.2. The monoisotopic (exact) mass is 1690 g/mol.